The van der Waals surface area contributed by atoms with E-state index in [9.17, 15) is 14.7 Å². The summed E-state index contributed by atoms with van der Waals surface area (Å²) >= 11 is 1.26. The minimum absolute atomic E-state index is 0.00530. The van der Waals surface area contributed by atoms with Crippen LogP contribution in [-0.2, 0) is 22.6 Å². The molecule has 1 N–H and O–H groups in total. The highest BCUT2D eigenvalue weighted by Gasteiger charge is 2.48. The van der Waals surface area contributed by atoms with E-state index in [4.69, 9.17) is 23.9 Å². The van der Waals surface area contributed by atoms with Crippen molar-refractivity contribution in [2.45, 2.75) is 32.1 Å². The number of carbonyl (C=O) groups is 2. The highest BCUT2D eigenvalue weighted by molar-refractivity contribution is 7.22. The Bertz CT molecular complexity index is 2020. The summed E-state index contributed by atoms with van der Waals surface area (Å²) < 4.78 is 23.8. The Balaban J connectivity index is 1.35. The van der Waals surface area contributed by atoms with Crippen LogP contribution in [0, 0.1) is 0 Å². The molecule has 1 saturated heterocycles. The van der Waals surface area contributed by atoms with Gasteiger partial charge in [0.2, 0.25) is 0 Å². The monoisotopic (exact) mass is 634 g/mol. The summed E-state index contributed by atoms with van der Waals surface area (Å²) in [7, 11) is 3.11. The Morgan fingerprint density at radius 1 is 0.978 bits per heavy atom. The second-order valence-corrected chi connectivity index (χ2v) is 12.1. The maximum atomic E-state index is 13.8. The summed E-state index contributed by atoms with van der Waals surface area (Å²) in [4.78, 5) is 33.7. The van der Waals surface area contributed by atoms with Crippen molar-refractivity contribution in [1.82, 2.24) is 4.98 Å². The molecule has 1 aromatic heterocycles. The lowest BCUT2D eigenvalue weighted by atomic mass is 9.94. The summed E-state index contributed by atoms with van der Waals surface area (Å²) in [5, 5.41) is 12.1. The number of aromatic nitrogens is 1. The first kappa shape index (κ1) is 29.4. The van der Waals surface area contributed by atoms with E-state index in [-0.39, 0.29) is 17.4 Å². The molecule has 0 aliphatic carbocycles. The number of ether oxygens (including phenoxy) is 4. The van der Waals surface area contributed by atoms with Gasteiger partial charge in [0, 0.05) is 12.0 Å². The highest BCUT2D eigenvalue weighted by Crippen LogP contribution is 2.46. The maximum absolute atomic E-state index is 13.8. The van der Waals surface area contributed by atoms with E-state index in [0.717, 1.165) is 21.6 Å². The van der Waals surface area contributed by atoms with Crippen molar-refractivity contribution in [1.29, 1.82) is 0 Å². The van der Waals surface area contributed by atoms with Crippen LogP contribution in [0.25, 0.3) is 16.0 Å². The van der Waals surface area contributed by atoms with Gasteiger partial charge in [-0.3, -0.25) is 14.5 Å². The first-order valence-electron chi connectivity index (χ1n) is 14.7. The topological polar surface area (TPSA) is 107 Å². The average Bonchev–Trinajstić information content (AvgIpc) is 3.75. The summed E-state index contributed by atoms with van der Waals surface area (Å²) in [6.45, 7) is 2.30. The number of hydrogen-bond donors (Lipinski definition) is 1. The normalized spacial score (nSPS) is 18.5. The Labute approximate surface area is 269 Å². The van der Waals surface area contributed by atoms with Gasteiger partial charge in [0.1, 0.15) is 30.0 Å². The predicted molar refractivity (Wildman–Crippen MR) is 175 cm³/mol. The molecule has 10 heteroatoms. The number of anilines is 1. The van der Waals surface area contributed by atoms with Crippen LogP contribution in [0.2, 0.25) is 0 Å². The molecule has 2 aliphatic rings. The molecule has 0 radical (unpaired) electrons. The number of carbonyl (C=O) groups excluding carboxylic acids is 2. The maximum Gasteiger partial charge on any atom is 0.301 e. The van der Waals surface area contributed by atoms with Crippen molar-refractivity contribution in [3.63, 3.8) is 0 Å². The molecule has 7 rings (SSSR count). The third kappa shape index (κ3) is 5.20. The number of amides is 1. The van der Waals surface area contributed by atoms with E-state index < -0.39 is 17.7 Å². The minimum Gasteiger partial charge on any atom is -0.507 e. The predicted octanol–water partition coefficient (Wildman–Crippen LogP) is 6.84. The second kappa shape index (κ2) is 11.9. The lowest BCUT2D eigenvalue weighted by Gasteiger charge is -2.24. The zero-order valence-electron chi connectivity index (χ0n) is 25.4. The first-order valence-corrected chi connectivity index (χ1v) is 15.6. The molecule has 232 valence electrons. The van der Waals surface area contributed by atoms with Crippen LogP contribution in [-0.4, -0.2) is 42.1 Å². The van der Waals surface area contributed by atoms with Crippen LogP contribution in [0.5, 0.6) is 23.0 Å². The molecule has 2 aliphatic heterocycles. The Morgan fingerprint density at radius 2 is 1.80 bits per heavy atom. The fraction of sp³-hybridized carbons (Fsp3) is 0.194. The van der Waals surface area contributed by atoms with Crippen LogP contribution in [0.4, 0.5) is 5.13 Å². The van der Waals surface area contributed by atoms with Gasteiger partial charge in [0.15, 0.2) is 16.6 Å². The van der Waals surface area contributed by atoms with Crippen molar-refractivity contribution in [3.05, 3.63) is 113 Å². The van der Waals surface area contributed by atoms with Gasteiger partial charge in [-0.1, -0.05) is 47.7 Å². The van der Waals surface area contributed by atoms with Crippen molar-refractivity contribution in [3.8, 4) is 23.0 Å². The molecule has 9 nitrogen and oxygen atoms in total. The van der Waals surface area contributed by atoms with Gasteiger partial charge in [-0.15, -0.1) is 0 Å². The molecule has 1 fully saturated rings. The Morgan fingerprint density at radius 3 is 2.59 bits per heavy atom. The van der Waals surface area contributed by atoms with Crippen molar-refractivity contribution >= 4 is 44.1 Å². The fourth-order valence-electron chi connectivity index (χ4n) is 5.90. The average molecular weight is 635 g/mol. The largest absolute Gasteiger partial charge is 0.507 e. The van der Waals surface area contributed by atoms with E-state index >= 15 is 0 Å². The van der Waals surface area contributed by atoms with Gasteiger partial charge in [-0.2, -0.15) is 0 Å². The molecule has 0 bridgehead atoms. The number of benzene rings is 4. The molecular formula is C36H30N2O7S. The van der Waals surface area contributed by atoms with Crippen molar-refractivity contribution < 1.29 is 33.6 Å². The van der Waals surface area contributed by atoms with E-state index in [1.807, 2.05) is 49.4 Å². The van der Waals surface area contributed by atoms with Gasteiger partial charge in [-0.25, -0.2) is 4.98 Å². The van der Waals surface area contributed by atoms with Crippen LogP contribution in [0.15, 0.2) is 90.5 Å². The number of nitrogens with zero attached hydrogens (tertiary/aromatic N) is 2. The number of ketones is 1. The number of rotatable bonds is 8. The third-order valence-corrected chi connectivity index (χ3v) is 9.16. The van der Waals surface area contributed by atoms with Crippen LogP contribution >= 0.6 is 11.3 Å². The number of fused-ring (bicyclic) bond motifs is 2. The lowest BCUT2D eigenvalue weighted by Crippen LogP contribution is -2.29. The van der Waals surface area contributed by atoms with Gasteiger partial charge >= 0.3 is 5.91 Å². The SMILES string of the molecule is COc1ccc2nc(N3C(=O)C(=O)C(=C(O)c4ccc5c(c4)C[C@@H](C)O5)[C@H]3c3ccc(OCc4ccccc4)c(OC)c3)sc2c1. The second-order valence-electron chi connectivity index (χ2n) is 11.1. The lowest BCUT2D eigenvalue weighted by molar-refractivity contribution is -0.132. The van der Waals surface area contributed by atoms with Crippen molar-refractivity contribution in [2.24, 2.45) is 0 Å². The number of methoxy groups -OCH3 is 2. The number of thiazole rings is 1. The molecule has 0 spiro atoms. The van der Waals surface area contributed by atoms with E-state index in [0.29, 0.717) is 52.1 Å². The summed E-state index contributed by atoms with van der Waals surface area (Å²) in [6.07, 6.45) is 0.677. The smallest absolute Gasteiger partial charge is 0.301 e. The number of aliphatic hydroxyl groups is 1. The third-order valence-electron chi connectivity index (χ3n) is 8.14. The molecular weight excluding hydrogens is 604 g/mol. The zero-order valence-corrected chi connectivity index (χ0v) is 26.2. The zero-order chi connectivity index (χ0) is 31.9. The Hall–Kier alpha value is -5.35. The van der Waals surface area contributed by atoms with Crippen molar-refractivity contribution in [2.75, 3.05) is 19.1 Å². The quantitative estimate of drug-likeness (QED) is 0.112. The number of hydrogen-bond acceptors (Lipinski definition) is 9. The van der Waals surface area contributed by atoms with Crippen LogP contribution in [0.1, 0.15) is 35.2 Å². The van der Waals surface area contributed by atoms with Gasteiger partial charge in [0.25, 0.3) is 5.78 Å². The molecule has 0 unspecified atom stereocenters. The molecule has 2 atom stereocenters. The molecule has 3 heterocycles. The van der Waals surface area contributed by atoms with Gasteiger partial charge < -0.3 is 24.1 Å². The van der Waals surface area contributed by atoms with Crippen LogP contribution in [0.3, 0.4) is 0 Å². The Kier molecular flexibility index (Phi) is 7.58. The summed E-state index contributed by atoms with van der Waals surface area (Å²) in [6, 6.07) is 24.7. The first-order chi connectivity index (χ1) is 22.3. The van der Waals surface area contributed by atoms with E-state index in [1.165, 1.54) is 23.3 Å². The molecule has 1 amide bonds. The standard InChI is InChI=1S/C36H30N2O7S/c1-20-15-24-16-23(10-13-27(24)45-20)33(39)31-32(22-9-14-28(29(17-22)43-3)44-19-21-7-5-4-6-8-21)38(35(41)34(31)40)36-37-26-12-11-25(42-2)18-30(26)46-36/h4-14,16-18,20,32,39H,15,19H2,1-3H3/t20-,32-/m1/s1. The fourth-order valence-corrected chi connectivity index (χ4v) is 6.92. The van der Waals surface area contributed by atoms with Gasteiger partial charge in [-0.05, 0) is 72.1 Å². The summed E-state index contributed by atoms with van der Waals surface area (Å²) in [5.74, 6) is 0.406. The van der Waals surface area contributed by atoms with E-state index in [2.05, 4.69) is 0 Å². The number of Topliss-reactive ketones (excluding diaryl/α,β-unsaturated/α-hetero) is 1. The summed E-state index contributed by atoms with van der Waals surface area (Å²) in [5.41, 5.74) is 3.47. The molecule has 5 aromatic rings. The molecule has 4 aromatic carbocycles. The molecule has 0 saturated carbocycles. The van der Waals surface area contributed by atoms with E-state index in [1.54, 1.807) is 49.6 Å². The number of aliphatic hydroxyl groups excluding tert-OH is 1. The van der Waals surface area contributed by atoms with Gasteiger partial charge in [0.05, 0.1) is 36.1 Å². The highest BCUT2D eigenvalue weighted by atomic mass is 32.1. The molecule has 46 heavy (non-hydrogen) atoms. The minimum atomic E-state index is -0.997. The van der Waals surface area contributed by atoms with Crippen LogP contribution < -0.4 is 23.8 Å².